The summed E-state index contributed by atoms with van der Waals surface area (Å²) in [6, 6.07) is 12.7. The molecule has 0 unspecified atom stereocenters. The van der Waals surface area contributed by atoms with Gasteiger partial charge in [-0.2, -0.15) is 13.2 Å². The van der Waals surface area contributed by atoms with E-state index in [9.17, 15) is 13.2 Å². The molecule has 0 saturated carbocycles. The van der Waals surface area contributed by atoms with E-state index in [0.717, 1.165) is 42.8 Å². The summed E-state index contributed by atoms with van der Waals surface area (Å²) in [4.78, 5) is 4.32. The van der Waals surface area contributed by atoms with Crippen LogP contribution in [0, 0.1) is 0 Å². The Morgan fingerprint density at radius 3 is 2.67 bits per heavy atom. The monoisotopic (exact) mass is 454 g/mol. The van der Waals surface area contributed by atoms with Crippen LogP contribution in [0.2, 0.25) is 0 Å². The molecule has 0 aliphatic rings. The van der Waals surface area contributed by atoms with E-state index in [0.29, 0.717) is 17.1 Å². The zero-order chi connectivity index (χ0) is 23.1. The third-order valence-corrected chi connectivity index (χ3v) is 4.84. The Hall–Kier alpha value is -3.88. The van der Waals surface area contributed by atoms with E-state index in [4.69, 9.17) is 9.15 Å². The van der Waals surface area contributed by atoms with Crippen LogP contribution in [0.5, 0.6) is 5.75 Å². The average molecular weight is 454 g/mol. The van der Waals surface area contributed by atoms with E-state index in [1.165, 1.54) is 18.4 Å². The molecule has 0 spiro atoms. The summed E-state index contributed by atoms with van der Waals surface area (Å²) in [7, 11) is 0. The summed E-state index contributed by atoms with van der Waals surface area (Å²) in [5, 5.41) is 7.75. The largest absolute Gasteiger partial charge is 0.487 e. The van der Waals surface area contributed by atoms with Gasteiger partial charge in [0.15, 0.2) is 0 Å². The van der Waals surface area contributed by atoms with Gasteiger partial charge < -0.3 is 9.15 Å². The topological polar surface area (TPSA) is 66.0 Å². The molecule has 0 aliphatic carbocycles. The molecule has 4 aromatic rings. The first-order valence-corrected chi connectivity index (χ1v) is 10.3. The highest BCUT2D eigenvalue weighted by molar-refractivity contribution is 5.66. The van der Waals surface area contributed by atoms with Gasteiger partial charge in [-0.1, -0.05) is 29.5 Å². The molecule has 33 heavy (non-hydrogen) atoms. The normalized spacial score (nSPS) is 11.8. The van der Waals surface area contributed by atoms with Crippen molar-refractivity contribution in [3.05, 3.63) is 95.5 Å². The molecule has 9 heteroatoms. The van der Waals surface area contributed by atoms with E-state index >= 15 is 0 Å². The van der Waals surface area contributed by atoms with Gasteiger partial charge in [-0.25, -0.2) is 4.98 Å². The Balaban J connectivity index is 1.28. The average Bonchev–Trinajstić information content (AvgIpc) is 3.48. The fraction of sp³-hybridized carbons (Fsp3) is 0.208. The van der Waals surface area contributed by atoms with Gasteiger partial charge in [0.25, 0.3) is 0 Å². The van der Waals surface area contributed by atoms with Gasteiger partial charge in [0.2, 0.25) is 5.89 Å². The molecule has 2 aromatic carbocycles. The summed E-state index contributed by atoms with van der Waals surface area (Å²) in [6.45, 7) is 1.03. The van der Waals surface area contributed by atoms with Gasteiger partial charge in [-0.05, 0) is 54.3 Å². The molecule has 0 N–H and O–H groups in total. The van der Waals surface area contributed by atoms with Gasteiger partial charge in [0.1, 0.15) is 24.3 Å². The lowest BCUT2D eigenvalue weighted by molar-refractivity contribution is -0.137. The summed E-state index contributed by atoms with van der Waals surface area (Å²) in [5.41, 5.74) is 1.70. The van der Waals surface area contributed by atoms with Gasteiger partial charge in [-0.15, -0.1) is 5.10 Å². The highest BCUT2D eigenvalue weighted by atomic mass is 19.4. The number of aromatic nitrogens is 4. The highest BCUT2D eigenvalue weighted by Gasteiger charge is 2.29. The molecule has 0 radical (unpaired) electrons. The van der Waals surface area contributed by atoms with Crippen LogP contribution in [0.4, 0.5) is 13.2 Å². The number of nitrogens with zero attached hydrogens (tertiary/aromatic N) is 4. The van der Waals surface area contributed by atoms with Crippen LogP contribution in [0.15, 0.2) is 71.6 Å². The van der Waals surface area contributed by atoms with Crippen LogP contribution in [0.1, 0.15) is 34.7 Å². The van der Waals surface area contributed by atoms with Crippen LogP contribution < -0.4 is 4.74 Å². The zero-order valence-corrected chi connectivity index (χ0v) is 17.6. The van der Waals surface area contributed by atoms with Crippen LogP contribution in [-0.2, 0) is 25.7 Å². The second-order valence-corrected chi connectivity index (χ2v) is 7.34. The fourth-order valence-corrected chi connectivity index (χ4v) is 3.16. The van der Waals surface area contributed by atoms with Crippen LogP contribution in [0.25, 0.3) is 12.2 Å². The molecule has 2 aromatic heterocycles. The number of aryl methyl sites for hydroxylation is 2. The standard InChI is InChI=1S/C24H21F3N4O2/c25-24(26,27)20-9-6-18(7-10-20)8-11-23-29-21(17-33-23)16-32-22-5-1-3-19(15-22)4-2-13-31-14-12-28-30-31/h1,3,5-12,14-15,17H,2,4,13,16H2. The summed E-state index contributed by atoms with van der Waals surface area (Å²) < 4.78 is 50.9. The molecule has 0 aliphatic heterocycles. The summed E-state index contributed by atoms with van der Waals surface area (Å²) >= 11 is 0. The van der Waals surface area contributed by atoms with Crippen LogP contribution in [0.3, 0.4) is 0 Å². The number of benzene rings is 2. The number of ether oxygens (including phenoxy) is 1. The lowest BCUT2D eigenvalue weighted by atomic mass is 10.1. The number of hydrogen-bond donors (Lipinski definition) is 0. The third kappa shape index (κ3) is 6.55. The number of halogens is 3. The van der Waals surface area contributed by atoms with Crippen molar-refractivity contribution in [2.24, 2.45) is 0 Å². The van der Waals surface area contributed by atoms with Crippen molar-refractivity contribution in [3.63, 3.8) is 0 Å². The maximum atomic E-state index is 12.6. The van der Waals surface area contributed by atoms with Crippen LogP contribution >= 0.6 is 0 Å². The Labute approximate surface area is 188 Å². The Morgan fingerprint density at radius 2 is 1.91 bits per heavy atom. The smallest absolute Gasteiger partial charge is 0.416 e. The van der Waals surface area contributed by atoms with Gasteiger partial charge in [0, 0.05) is 18.8 Å². The van der Waals surface area contributed by atoms with Crippen molar-refractivity contribution in [2.75, 3.05) is 0 Å². The number of rotatable bonds is 9. The minimum atomic E-state index is -4.35. The Morgan fingerprint density at radius 1 is 1.06 bits per heavy atom. The summed E-state index contributed by atoms with van der Waals surface area (Å²) in [5.74, 6) is 1.08. The van der Waals surface area contributed by atoms with Gasteiger partial charge in [0.05, 0.1) is 11.8 Å². The quantitative estimate of drug-likeness (QED) is 0.326. The van der Waals surface area contributed by atoms with E-state index in [1.807, 2.05) is 24.4 Å². The predicted octanol–water partition coefficient (Wildman–Crippen LogP) is 5.67. The predicted molar refractivity (Wildman–Crippen MR) is 116 cm³/mol. The second kappa shape index (κ2) is 10.2. The molecule has 0 amide bonds. The first-order valence-electron chi connectivity index (χ1n) is 10.3. The minimum Gasteiger partial charge on any atom is -0.487 e. The van der Waals surface area contributed by atoms with E-state index in [1.54, 1.807) is 23.0 Å². The maximum Gasteiger partial charge on any atom is 0.416 e. The van der Waals surface area contributed by atoms with Crippen LogP contribution in [-0.4, -0.2) is 20.0 Å². The first kappa shape index (κ1) is 22.3. The molecule has 0 bridgehead atoms. The number of alkyl halides is 3. The highest BCUT2D eigenvalue weighted by Crippen LogP contribution is 2.29. The van der Waals surface area contributed by atoms with Crippen molar-refractivity contribution >= 4 is 12.2 Å². The molecule has 170 valence electrons. The summed E-state index contributed by atoms with van der Waals surface area (Å²) in [6.07, 6.45) is 5.70. The van der Waals surface area contributed by atoms with Crippen molar-refractivity contribution in [3.8, 4) is 5.75 Å². The van der Waals surface area contributed by atoms with E-state index in [-0.39, 0.29) is 6.61 Å². The lowest BCUT2D eigenvalue weighted by Crippen LogP contribution is -2.03. The van der Waals surface area contributed by atoms with E-state index < -0.39 is 11.7 Å². The zero-order valence-electron chi connectivity index (χ0n) is 17.6. The Kier molecular flexibility index (Phi) is 6.87. The molecular formula is C24H21F3N4O2. The number of oxazole rings is 1. The molecule has 0 saturated heterocycles. The van der Waals surface area contributed by atoms with Gasteiger partial charge in [-0.3, -0.25) is 4.68 Å². The lowest BCUT2D eigenvalue weighted by Gasteiger charge is -2.07. The molecule has 2 heterocycles. The van der Waals surface area contributed by atoms with Gasteiger partial charge >= 0.3 is 6.18 Å². The number of hydrogen-bond acceptors (Lipinski definition) is 5. The van der Waals surface area contributed by atoms with E-state index in [2.05, 4.69) is 21.4 Å². The molecule has 6 nitrogen and oxygen atoms in total. The Bertz CT molecular complexity index is 1180. The molecule has 0 fully saturated rings. The second-order valence-electron chi connectivity index (χ2n) is 7.34. The maximum absolute atomic E-state index is 12.6. The van der Waals surface area contributed by atoms with Crippen molar-refractivity contribution in [2.45, 2.75) is 32.2 Å². The van der Waals surface area contributed by atoms with Crippen molar-refractivity contribution in [1.82, 2.24) is 20.0 Å². The van der Waals surface area contributed by atoms with Crippen molar-refractivity contribution < 1.29 is 22.3 Å². The molecule has 4 rings (SSSR count). The molecule has 0 atom stereocenters. The SMILES string of the molecule is FC(F)(F)c1ccc(C=Cc2nc(COc3cccc(CCCn4ccnn4)c3)co2)cc1. The molecular weight excluding hydrogens is 433 g/mol. The van der Waals surface area contributed by atoms with Crippen molar-refractivity contribution in [1.29, 1.82) is 0 Å². The first-order chi connectivity index (χ1) is 16.0. The fourth-order valence-electron chi connectivity index (χ4n) is 3.16. The third-order valence-electron chi connectivity index (χ3n) is 4.84. The minimum absolute atomic E-state index is 0.236.